The lowest BCUT2D eigenvalue weighted by Crippen LogP contribution is -2.32. The second kappa shape index (κ2) is 5.75. The van der Waals surface area contributed by atoms with Gasteiger partial charge < -0.3 is 14.8 Å². The molecule has 0 radical (unpaired) electrons. The fourth-order valence-electron chi connectivity index (χ4n) is 1.89. The summed E-state index contributed by atoms with van der Waals surface area (Å²) in [5.74, 6) is -0.455. The quantitative estimate of drug-likeness (QED) is 0.845. The van der Waals surface area contributed by atoms with E-state index in [1.54, 1.807) is 6.92 Å². The molecule has 1 aromatic heterocycles. The zero-order valence-corrected chi connectivity index (χ0v) is 10.9. The Morgan fingerprint density at radius 3 is 2.48 bits per heavy atom. The van der Waals surface area contributed by atoms with Gasteiger partial charge in [-0.1, -0.05) is 18.2 Å². The SMILES string of the molecule is Cc1cnc(-c2ccccc2OC(F)(F)F)c(B(O)O)c1. The first-order valence-corrected chi connectivity index (χ1v) is 5.96. The van der Waals surface area contributed by atoms with Crippen LogP contribution in [0.25, 0.3) is 11.3 Å². The number of benzene rings is 1. The highest BCUT2D eigenvalue weighted by atomic mass is 19.4. The van der Waals surface area contributed by atoms with E-state index in [0.717, 1.165) is 6.07 Å². The van der Waals surface area contributed by atoms with Crippen molar-refractivity contribution in [2.45, 2.75) is 13.3 Å². The molecular weight excluding hydrogens is 286 g/mol. The van der Waals surface area contributed by atoms with Gasteiger partial charge in [0.25, 0.3) is 0 Å². The van der Waals surface area contributed by atoms with Crippen molar-refractivity contribution in [2.24, 2.45) is 0 Å². The van der Waals surface area contributed by atoms with Crippen LogP contribution in [0.1, 0.15) is 5.56 Å². The van der Waals surface area contributed by atoms with Gasteiger partial charge in [0.2, 0.25) is 0 Å². The van der Waals surface area contributed by atoms with Crippen LogP contribution in [0.2, 0.25) is 0 Å². The van der Waals surface area contributed by atoms with Crippen molar-refractivity contribution in [1.29, 1.82) is 0 Å². The molecule has 110 valence electrons. The number of hydrogen-bond acceptors (Lipinski definition) is 4. The Kier molecular flexibility index (Phi) is 4.20. The Labute approximate surface area is 119 Å². The third kappa shape index (κ3) is 3.74. The molecule has 0 spiro atoms. The molecule has 21 heavy (non-hydrogen) atoms. The molecule has 0 saturated heterocycles. The Balaban J connectivity index is 2.57. The van der Waals surface area contributed by atoms with Gasteiger partial charge >= 0.3 is 13.5 Å². The normalized spacial score (nSPS) is 11.3. The molecule has 0 saturated carbocycles. The van der Waals surface area contributed by atoms with E-state index < -0.39 is 19.2 Å². The molecule has 0 amide bonds. The first-order valence-electron chi connectivity index (χ1n) is 5.96. The van der Waals surface area contributed by atoms with E-state index in [9.17, 15) is 23.2 Å². The zero-order chi connectivity index (χ0) is 15.6. The van der Waals surface area contributed by atoms with Gasteiger partial charge in [-0.3, -0.25) is 4.98 Å². The van der Waals surface area contributed by atoms with Gasteiger partial charge in [-0.05, 0) is 24.6 Å². The number of pyridine rings is 1. The number of rotatable bonds is 3. The van der Waals surface area contributed by atoms with Crippen molar-refractivity contribution in [1.82, 2.24) is 4.98 Å². The lowest BCUT2D eigenvalue weighted by molar-refractivity contribution is -0.274. The molecular formula is C13H11BF3NO3. The molecule has 0 bridgehead atoms. The van der Waals surface area contributed by atoms with Crippen LogP contribution in [0.15, 0.2) is 36.5 Å². The van der Waals surface area contributed by atoms with Gasteiger partial charge in [0.05, 0.1) is 5.69 Å². The summed E-state index contributed by atoms with van der Waals surface area (Å²) in [5, 5.41) is 18.7. The third-order valence-electron chi connectivity index (χ3n) is 2.70. The predicted octanol–water partition coefficient (Wildman–Crippen LogP) is 1.64. The van der Waals surface area contributed by atoms with Gasteiger partial charge in [0.1, 0.15) is 5.75 Å². The van der Waals surface area contributed by atoms with Gasteiger partial charge in [0, 0.05) is 17.2 Å². The van der Waals surface area contributed by atoms with E-state index in [0.29, 0.717) is 5.56 Å². The summed E-state index contributed by atoms with van der Waals surface area (Å²) in [6.07, 6.45) is -3.43. The summed E-state index contributed by atoms with van der Waals surface area (Å²) >= 11 is 0. The van der Waals surface area contributed by atoms with Crippen LogP contribution >= 0.6 is 0 Å². The minimum Gasteiger partial charge on any atom is -0.423 e. The highest BCUT2D eigenvalue weighted by molar-refractivity contribution is 6.60. The zero-order valence-electron chi connectivity index (χ0n) is 10.9. The smallest absolute Gasteiger partial charge is 0.423 e. The van der Waals surface area contributed by atoms with Crippen molar-refractivity contribution >= 4 is 12.6 Å². The van der Waals surface area contributed by atoms with Crippen molar-refractivity contribution in [3.05, 3.63) is 42.1 Å². The van der Waals surface area contributed by atoms with Crippen LogP contribution in [0.4, 0.5) is 13.2 Å². The average Bonchev–Trinajstić information content (AvgIpc) is 2.37. The van der Waals surface area contributed by atoms with Crippen LogP contribution in [0, 0.1) is 6.92 Å². The second-order valence-corrected chi connectivity index (χ2v) is 4.37. The summed E-state index contributed by atoms with van der Waals surface area (Å²) < 4.78 is 41.2. The summed E-state index contributed by atoms with van der Waals surface area (Å²) in [7, 11) is -1.86. The first-order chi connectivity index (χ1) is 9.78. The van der Waals surface area contributed by atoms with Gasteiger partial charge in [0.15, 0.2) is 0 Å². The molecule has 1 heterocycles. The number of aromatic nitrogens is 1. The van der Waals surface area contributed by atoms with Crippen LogP contribution < -0.4 is 10.2 Å². The molecule has 0 aliphatic heterocycles. The molecule has 2 N–H and O–H groups in total. The van der Waals surface area contributed by atoms with E-state index in [2.05, 4.69) is 9.72 Å². The monoisotopic (exact) mass is 297 g/mol. The topological polar surface area (TPSA) is 62.6 Å². The highest BCUT2D eigenvalue weighted by Crippen LogP contribution is 2.32. The minimum atomic E-state index is -4.85. The van der Waals surface area contributed by atoms with Gasteiger partial charge in [-0.2, -0.15) is 0 Å². The van der Waals surface area contributed by atoms with Gasteiger partial charge in [-0.25, -0.2) is 0 Å². The molecule has 0 fully saturated rings. The Hall–Kier alpha value is -2.06. The Morgan fingerprint density at radius 1 is 1.19 bits per heavy atom. The summed E-state index contributed by atoms with van der Waals surface area (Å²) in [6.45, 7) is 1.68. The molecule has 0 atom stereocenters. The predicted molar refractivity (Wildman–Crippen MR) is 70.9 cm³/mol. The summed E-state index contributed by atoms with van der Waals surface area (Å²) in [6, 6.07) is 6.83. The lowest BCUT2D eigenvalue weighted by Gasteiger charge is -2.15. The average molecular weight is 297 g/mol. The fourth-order valence-corrected chi connectivity index (χ4v) is 1.89. The minimum absolute atomic E-state index is 0.00762. The summed E-state index contributed by atoms with van der Waals surface area (Å²) in [5.41, 5.74) is 0.706. The third-order valence-corrected chi connectivity index (χ3v) is 2.70. The number of ether oxygens (including phenoxy) is 1. The standard InChI is InChI=1S/C13H11BF3NO3/c1-8-6-10(14(19)20)12(18-7-8)9-4-2-3-5-11(9)21-13(15,16)17/h2-7,19-20H,1H3. The molecule has 8 heteroatoms. The van der Waals surface area contributed by atoms with E-state index in [4.69, 9.17) is 0 Å². The number of aryl methyl sites for hydroxylation is 1. The van der Waals surface area contributed by atoms with Crippen LogP contribution in [-0.2, 0) is 0 Å². The molecule has 2 aromatic rings. The highest BCUT2D eigenvalue weighted by Gasteiger charge is 2.33. The number of alkyl halides is 3. The van der Waals surface area contributed by atoms with E-state index in [-0.39, 0.29) is 16.7 Å². The van der Waals surface area contributed by atoms with E-state index in [1.165, 1.54) is 30.5 Å². The van der Waals surface area contributed by atoms with E-state index in [1.807, 2.05) is 0 Å². The van der Waals surface area contributed by atoms with E-state index >= 15 is 0 Å². The molecule has 4 nitrogen and oxygen atoms in total. The first kappa shape index (κ1) is 15.3. The summed E-state index contributed by atoms with van der Waals surface area (Å²) in [4.78, 5) is 3.99. The molecule has 0 aliphatic carbocycles. The second-order valence-electron chi connectivity index (χ2n) is 4.37. The van der Waals surface area contributed by atoms with Crippen LogP contribution in [-0.4, -0.2) is 28.5 Å². The number of nitrogens with zero attached hydrogens (tertiary/aromatic N) is 1. The molecule has 2 rings (SSSR count). The maximum Gasteiger partial charge on any atom is 0.573 e. The van der Waals surface area contributed by atoms with Crippen LogP contribution in [0.3, 0.4) is 0 Å². The maximum atomic E-state index is 12.4. The fraction of sp³-hybridized carbons (Fsp3) is 0.154. The molecule has 0 unspecified atom stereocenters. The largest absolute Gasteiger partial charge is 0.573 e. The van der Waals surface area contributed by atoms with Crippen molar-refractivity contribution in [3.8, 4) is 17.0 Å². The number of hydrogen-bond donors (Lipinski definition) is 2. The Bertz CT molecular complexity index is 647. The Morgan fingerprint density at radius 2 is 1.86 bits per heavy atom. The maximum absolute atomic E-state index is 12.4. The van der Waals surface area contributed by atoms with Gasteiger partial charge in [-0.15, -0.1) is 13.2 Å². The van der Waals surface area contributed by atoms with Crippen molar-refractivity contribution in [2.75, 3.05) is 0 Å². The number of halogens is 3. The molecule has 0 aliphatic rings. The lowest BCUT2D eigenvalue weighted by atomic mass is 9.77. The van der Waals surface area contributed by atoms with Crippen molar-refractivity contribution in [3.63, 3.8) is 0 Å². The molecule has 1 aromatic carbocycles. The number of para-hydroxylation sites is 1. The van der Waals surface area contributed by atoms with Crippen molar-refractivity contribution < 1.29 is 28.0 Å². The van der Waals surface area contributed by atoms with Crippen LogP contribution in [0.5, 0.6) is 5.75 Å².